The van der Waals surface area contributed by atoms with Crippen LogP contribution < -0.4 is 5.32 Å². The summed E-state index contributed by atoms with van der Waals surface area (Å²) < 4.78 is 0. The van der Waals surface area contributed by atoms with Crippen molar-refractivity contribution in [2.45, 2.75) is 38.5 Å². The molecule has 0 spiro atoms. The smallest absolute Gasteiger partial charge is 0.241 e. The molecule has 0 bridgehead atoms. The van der Waals surface area contributed by atoms with Crippen molar-refractivity contribution >= 4 is 5.91 Å². The van der Waals surface area contributed by atoms with Gasteiger partial charge in [0.15, 0.2) is 0 Å². The summed E-state index contributed by atoms with van der Waals surface area (Å²) >= 11 is 0. The number of carbonyl (C=O) groups excluding carboxylic acids is 1. The van der Waals surface area contributed by atoms with Crippen molar-refractivity contribution in [3.8, 4) is 0 Å². The first kappa shape index (κ1) is 13.6. The van der Waals surface area contributed by atoms with Gasteiger partial charge in [-0.05, 0) is 39.4 Å². The number of amides is 1. The highest BCUT2D eigenvalue weighted by molar-refractivity contribution is 5.84. The Kier molecular flexibility index (Phi) is 3.52. The molecule has 20 heavy (non-hydrogen) atoms. The molecule has 2 aliphatic rings. The maximum atomic E-state index is 12.5. The Hall–Kier alpha value is -1.39. The molecule has 2 heterocycles. The molecule has 1 amide bonds. The standard InChI is InChI=1S/C16H23N3O/c1-11-4-6-13(7-5-11)15-17-12(2)16(20)19(15)14-8-9-18(3)10-14/h4-7,12,14-15,17H,8-10H2,1-3H3. The lowest BCUT2D eigenvalue weighted by Gasteiger charge is -2.30. The van der Waals surface area contributed by atoms with E-state index in [2.05, 4.69) is 53.4 Å². The van der Waals surface area contributed by atoms with E-state index < -0.39 is 0 Å². The second kappa shape index (κ2) is 5.19. The summed E-state index contributed by atoms with van der Waals surface area (Å²) in [7, 11) is 2.12. The summed E-state index contributed by atoms with van der Waals surface area (Å²) in [6, 6.07) is 8.73. The van der Waals surface area contributed by atoms with E-state index in [1.807, 2.05) is 6.92 Å². The number of hydrogen-bond donors (Lipinski definition) is 1. The van der Waals surface area contributed by atoms with Gasteiger partial charge in [-0.3, -0.25) is 10.1 Å². The zero-order valence-corrected chi connectivity index (χ0v) is 12.5. The van der Waals surface area contributed by atoms with Crippen LogP contribution in [0, 0.1) is 6.92 Å². The van der Waals surface area contributed by atoms with E-state index in [4.69, 9.17) is 0 Å². The minimum Gasteiger partial charge on any atom is -0.317 e. The van der Waals surface area contributed by atoms with E-state index in [-0.39, 0.29) is 18.1 Å². The number of carbonyl (C=O) groups is 1. The highest BCUT2D eigenvalue weighted by atomic mass is 16.2. The van der Waals surface area contributed by atoms with Crippen molar-refractivity contribution in [3.63, 3.8) is 0 Å². The molecule has 3 atom stereocenters. The topological polar surface area (TPSA) is 35.6 Å². The van der Waals surface area contributed by atoms with Crippen molar-refractivity contribution in [2.24, 2.45) is 0 Å². The van der Waals surface area contributed by atoms with Crippen molar-refractivity contribution < 1.29 is 4.79 Å². The maximum Gasteiger partial charge on any atom is 0.241 e. The zero-order valence-electron chi connectivity index (χ0n) is 12.5. The molecule has 2 aliphatic heterocycles. The maximum absolute atomic E-state index is 12.5. The van der Waals surface area contributed by atoms with Gasteiger partial charge in [0.2, 0.25) is 5.91 Å². The van der Waals surface area contributed by atoms with Crippen LogP contribution in [0.4, 0.5) is 0 Å². The lowest BCUT2D eigenvalue weighted by Crippen LogP contribution is -2.41. The van der Waals surface area contributed by atoms with Crippen LogP contribution in [0.3, 0.4) is 0 Å². The molecule has 3 unspecified atom stereocenters. The van der Waals surface area contributed by atoms with E-state index in [1.165, 1.54) is 11.1 Å². The van der Waals surface area contributed by atoms with Gasteiger partial charge in [-0.1, -0.05) is 29.8 Å². The van der Waals surface area contributed by atoms with Gasteiger partial charge < -0.3 is 9.80 Å². The molecule has 3 rings (SSSR count). The Bertz CT molecular complexity index is 499. The van der Waals surface area contributed by atoms with Crippen LogP contribution in [-0.4, -0.2) is 47.9 Å². The van der Waals surface area contributed by atoms with Crippen LogP contribution in [0.2, 0.25) is 0 Å². The van der Waals surface area contributed by atoms with Crippen molar-refractivity contribution in [3.05, 3.63) is 35.4 Å². The van der Waals surface area contributed by atoms with Gasteiger partial charge in [0, 0.05) is 12.6 Å². The Labute approximate surface area is 120 Å². The number of benzene rings is 1. The molecular formula is C16H23N3O. The normalized spacial score (nSPS) is 31.2. The van der Waals surface area contributed by atoms with Crippen LogP contribution in [-0.2, 0) is 4.79 Å². The van der Waals surface area contributed by atoms with Crippen LogP contribution in [0.25, 0.3) is 0 Å². The fourth-order valence-electron chi connectivity index (χ4n) is 3.27. The second-order valence-corrected chi connectivity index (χ2v) is 6.15. The Morgan fingerprint density at radius 3 is 2.55 bits per heavy atom. The molecule has 0 saturated carbocycles. The molecule has 0 radical (unpaired) electrons. The van der Waals surface area contributed by atoms with Crippen molar-refractivity contribution in [1.29, 1.82) is 0 Å². The minimum atomic E-state index is -0.0905. The van der Waals surface area contributed by atoms with E-state index in [0.717, 1.165) is 19.5 Å². The molecule has 1 aromatic carbocycles. The van der Waals surface area contributed by atoms with Crippen molar-refractivity contribution in [1.82, 2.24) is 15.1 Å². The Morgan fingerprint density at radius 1 is 1.25 bits per heavy atom. The predicted octanol–water partition coefficient (Wildman–Crippen LogP) is 1.52. The summed E-state index contributed by atoms with van der Waals surface area (Å²) in [5.41, 5.74) is 2.43. The number of aryl methyl sites for hydroxylation is 1. The zero-order chi connectivity index (χ0) is 14.3. The fourth-order valence-corrected chi connectivity index (χ4v) is 3.27. The average molecular weight is 273 g/mol. The highest BCUT2D eigenvalue weighted by Crippen LogP contribution is 2.30. The second-order valence-electron chi connectivity index (χ2n) is 6.15. The lowest BCUT2D eigenvalue weighted by molar-refractivity contribution is -0.131. The number of hydrogen-bond acceptors (Lipinski definition) is 3. The SMILES string of the molecule is Cc1ccc(C2NC(C)C(=O)N2C2CCN(C)C2)cc1. The first-order valence-corrected chi connectivity index (χ1v) is 7.39. The Morgan fingerprint density at radius 2 is 1.95 bits per heavy atom. The number of nitrogens with one attached hydrogen (secondary N) is 1. The van der Waals surface area contributed by atoms with E-state index in [1.54, 1.807) is 0 Å². The number of rotatable bonds is 2. The third-order valence-corrected chi connectivity index (χ3v) is 4.46. The summed E-state index contributed by atoms with van der Waals surface area (Å²) in [5.74, 6) is 0.232. The molecular weight excluding hydrogens is 250 g/mol. The Balaban J connectivity index is 1.88. The molecule has 4 heteroatoms. The van der Waals surface area contributed by atoms with Crippen LogP contribution in [0.15, 0.2) is 24.3 Å². The van der Waals surface area contributed by atoms with Gasteiger partial charge in [-0.2, -0.15) is 0 Å². The van der Waals surface area contributed by atoms with Crippen LogP contribution in [0.5, 0.6) is 0 Å². The third-order valence-electron chi connectivity index (χ3n) is 4.46. The molecule has 1 N–H and O–H groups in total. The summed E-state index contributed by atoms with van der Waals surface area (Å²) in [5, 5.41) is 3.44. The van der Waals surface area contributed by atoms with Gasteiger partial charge in [0.25, 0.3) is 0 Å². The quantitative estimate of drug-likeness (QED) is 0.887. The van der Waals surface area contributed by atoms with Gasteiger partial charge in [-0.25, -0.2) is 0 Å². The predicted molar refractivity (Wildman–Crippen MR) is 79.3 cm³/mol. The molecule has 0 aromatic heterocycles. The number of likely N-dealkylation sites (N-methyl/N-ethyl adjacent to an activating group) is 1. The highest BCUT2D eigenvalue weighted by Gasteiger charge is 2.42. The summed E-state index contributed by atoms with van der Waals surface area (Å²) in [4.78, 5) is 16.9. The summed E-state index contributed by atoms with van der Waals surface area (Å²) in [6.45, 7) is 6.09. The molecule has 108 valence electrons. The van der Waals surface area contributed by atoms with Gasteiger partial charge >= 0.3 is 0 Å². The van der Waals surface area contributed by atoms with E-state index in [9.17, 15) is 4.79 Å². The molecule has 2 saturated heterocycles. The van der Waals surface area contributed by atoms with Crippen LogP contribution in [0.1, 0.15) is 30.6 Å². The first-order chi connectivity index (χ1) is 9.56. The van der Waals surface area contributed by atoms with Crippen LogP contribution >= 0.6 is 0 Å². The van der Waals surface area contributed by atoms with E-state index in [0.29, 0.717) is 6.04 Å². The summed E-state index contributed by atoms with van der Waals surface area (Å²) in [6.07, 6.45) is 1.09. The molecule has 1 aromatic rings. The van der Waals surface area contributed by atoms with Crippen molar-refractivity contribution in [2.75, 3.05) is 20.1 Å². The molecule has 0 aliphatic carbocycles. The third kappa shape index (κ3) is 2.34. The lowest BCUT2D eigenvalue weighted by atomic mass is 10.1. The van der Waals surface area contributed by atoms with Gasteiger partial charge in [0.05, 0.1) is 6.04 Å². The largest absolute Gasteiger partial charge is 0.317 e. The van der Waals surface area contributed by atoms with Gasteiger partial charge in [0.1, 0.15) is 6.17 Å². The fraction of sp³-hybridized carbons (Fsp3) is 0.562. The molecule has 2 fully saturated rings. The monoisotopic (exact) mass is 273 g/mol. The number of likely N-dealkylation sites (tertiary alicyclic amines) is 1. The van der Waals surface area contributed by atoms with E-state index >= 15 is 0 Å². The van der Waals surface area contributed by atoms with Gasteiger partial charge in [-0.15, -0.1) is 0 Å². The number of nitrogens with zero attached hydrogens (tertiary/aromatic N) is 2. The molecule has 4 nitrogen and oxygen atoms in total. The first-order valence-electron chi connectivity index (χ1n) is 7.39. The minimum absolute atomic E-state index is 0.0228. The average Bonchev–Trinajstić information content (AvgIpc) is 2.96.